The smallest absolute Gasteiger partial charge is 0.360 e. The number of aromatic nitrogens is 1. The molecular formula is C13H19N3O4. The van der Waals surface area contributed by atoms with E-state index in [-0.39, 0.29) is 11.6 Å². The minimum Gasteiger partial charge on any atom is -0.464 e. The number of likely N-dealkylation sites (tertiary alicyclic amines) is 1. The van der Waals surface area contributed by atoms with Gasteiger partial charge in [-0.3, -0.25) is 4.79 Å². The fraction of sp³-hybridized carbons (Fsp3) is 0.615. The molecule has 110 valence electrons. The number of nitrogens with one attached hydrogen (secondary N) is 1. The van der Waals surface area contributed by atoms with Gasteiger partial charge >= 0.3 is 5.97 Å². The zero-order chi connectivity index (χ0) is 14.4. The monoisotopic (exact) mass is 281 g/mol. The summed E-state index contributed by atoms with van der Waals surface area (Å²) >= 11 is 0. The molecule has 1 fully saturated rings. The van der Waals surface area contributed by atoms with Crippen molar-refractivity contribution < 1.29 is 18.8 Å². The van der Waals surface area contributed by atoms with Crippen molar-refractivity contribution in [3.8, 4) is 0 Å². The van der Waals surface area contributed by atoms with E-state index < -0.39 is 5.97 Å². The van der Waals surface area contributed by atoms with Gasteiger partial charge in [0, 0.05) is 25.6 Å². The molecule has 1 aromatic rings. The largest absolute Gasteiger partial charge is 0.464 e. The van der Waals surface area contributed by atoms with Crippen LogP contribution in [0.4, 0.5) is 0 Å². The summed E-state index contributed by atoms with van der Waals surface area (Å²) in [4.78, 5) is 24.5. The van der Waals surface area contributed by atoms with Crippen molar-refractivity contribution in [1.82, 2.24) is 15.4 Å². The van der Waals surface area contributed by atoms with Crippen molar-refractivity contribution >= 4 is 11.9 Å². The first-order valence-electron chi connectivity index (χ1n) is 6.73. The van der Waals surface area contributed by atoms with Crippen LogP contribution in [0.1, 0.15) is 35.5 Å². The highest BCUT2D eigenvalue weighted by Crippen LogP contribution is 2.09. The van der Waals surface area contributed by atoms with Crippen LogP contribution in [-0.2, 0) is 16.1 Å². The van der Waals surface area contributed by atoms with Crippen LogP contribution in [0.3, 0.4) is 0 Å². The lowest BCUT2D eigenvalue weighted by Gasteiger charge is -2.14. The first-order valence-corrected chi connectivity index (χ1v) is 6.73. The SMILES string of the molecule is COC(=O)c1cc(CNCCCN2CCCC2=O)on1. The van der Waals surface area contributed by atoms with Gasteiger partial charge in [0.2, 0.25) is 5.91 Å². The molecule has 0 saturated carbocycles. The summed E-state index contributed by atoms with van der Waals surface area (Å²) in [6, 6.07) is 1.56. The molecule has 20 heavy (non-hydrogen) atoms. The average molecular weight is 281 g/mol. The van der Waals surface area contributed by atoms with Gasteiger partial charge in [0.25, 0.3) is 0 Å². The molecule has 1 saturated heterocycles. The summed E-state index contributed by atoms with van der Waals surface area (Å²) in [7, 11) is 1.30. The van der Waals surface area contributed by atoms with E-state index in [0.717, 1.165) is 32.5 Å². The Morgan fingerprint density at radius 1 is 1.60 bits per heavy atom. The molecule has 2 rings (SSSR count). The molecule has 7 nitrogen and oxygen atoms in total. The molecule has 1 aliphatic rings. The predicted octanol–water partition coefficient (Wildman–Crippen LogP) is 0.563. The molecule has 1 amide bonds. The summed E-state index contributed by atoms with van der Waals surface area (Å²) in [5.74, 6) is 0.332. The number of carbonyl (C=O) groups is 2. The third kappa shape index (κ3) is 3.80. The van der Waals surface area contributed by atoms with Gasteiger partial charge in [-0.25, -0.2) is 4.79 Å². The number of ether oxygens (including phenoxy) is 1. The number of hydrogen-bond acceptors (Lipinski definition) is 6. The molecule has 0 atom stereocenters. The Labute approximate surface area is 117 Å². The van der Waals surface area contributed by atoms with Crippen LogP contribution in [-0.4, -0.2) is 48.7 Å². The second kappa shape index (κ2) is 7.04. The van der Waals surface area contributed by atoms with Crippen molar-refractivity contribution in [2.75, 3.05) is 26.7 Å². The van der Waals surface area contributed by atoms with E-state index >= 15 is 0 Å². The lowest BCUT2D eigenvalue weighted by Crippen LogP contribution is -2.28. The van der Waals surface area contributed by atoms with Crippen LogP contribution in [0.2, 0.25) is 0 Å². The van der Waals surface area contributed by atoms with Gasteiger partial charge in [-0.15, -0.1) is 0 Å². The minimum atomic E-state index is -0.507. The lowest BCUT2D eigenvalue weighted by atomic mass is 10.3. The molecular weight excluding hydrogens is 262 g/mol. The quantitative estimate of drug-likeness (QED) is 0.581. The molecule has 7 heteroatoms. The number of methoxy groups -OCH3 is 1. The van der Waals surface area contributed by atoms with Crippen molar-refractivity contribution in [3.63, 3.8) is 0 Å². The fourth-order valence-corrected chi connectivity index (χ4v) is 2.14. The van der Waals surface area contributed by atoms with E-state index in [2.05, 4.69) is 15.2 Å². The Morgan fingerprint density at radius 3 is 3.15 bits per heavy atom. The predicted molar refractivity (Wildman–Crippen MR) is 70.0 cm³/mol. The van der Waals surface area contributed by atoms with Crippen LogP contribution in [0.15, 0.2) is 10.6 Å². The van der Waals surface area contributed by atoms with Crippen LogP contribution >= 0.6 is 0 Å². The second-order valence-corrected chi connectivity index (χ2v) is 4.68. The van der Waals surface area contributed by atoms with Crippen molar-refractivity contribution in [3.05, 3.63) is 17.5 Å². The topological polar surface area (TPSA) is 84.7 Å². The molecule has 1 N–H and O–H groups in total. The van der Waals surface area contributed by atoms with E-state index in [1.165, 1.54) is 7.11 Å². The van der Waals surface area contributed by atoms with Crippen molar-refractivity contribution in [2.24, 2.45) is 0 Å². The molecule has 0 aromatic carbocycles. The normalized spacial score (nSPS) is 14.8. The zero-order valence-corrected chi connectivity index (χ0v) is 11.6. The number of hydrogen-bond donors (Lipinski definition) is 1. The van der Waals surface area contributed by atoms with E-state index in [4.69, 9.17) is 4.52 Å². The second-order valence-electron chi connectivity index (χ2n) is 4.68. The maximum Gasteiger partial charge on any atom is 0.360 e. The van der Waals surface area contributed by atoms with Gasteiger partial charge in [0.15, 0.2) is 11.5 Å². The molecule has 0 spiro atoms. The number of esters is 1. The Hall–Kier alpha value is -1.89. The lowest BCUT2D eigenvalue weighted by molar-refractivity contribution is -0.127. The Balaban J connectivity index is 1.62. The van der Waals surface area contributed by atoms with Gasteiger partial charge in [-0.2, -0.15) is 0 Å². The summed E-state index contributed by atoms with van der Waals surface area (Å²) in [5, 5.41) is 6.80. The Bertz CT molecular complexity index is 472. The van der Waals surface area contributed by atoms with E-state index in [1.807, 2.05) is 4.90 Å². The number of nitrogens with zero attached hydrogens (tertiary/aromatic N) is 2. The van der Waals surface area contributed by atoms with Gasteiger partial charge in [-0.05, 0) is 19.4 Å². The third-order valence-electron chi connectivity index (χ3n) is 3.21. The van der Waals surface area contributed by atoms with Gasteiger partial charge < -0.3 is 19.5 Å². The first-order chi connectivity index (χ1) is 9.70. The fourth-order valence-electron chi connectivity index (χ4n) is 2.14. The van der Waals surface area contributed by atoms with Crippen LogP contribution < -0.4 is 5.32 Å². The number of carbonyl (C=O) groups excluding carboxylic acids is 2. The maximum atomic E-state index is 11.4. The summed E-state index contributed by atoms with van der Waals surface area (Å²) < 4.78 is 9.55. The summed E-state index contributed by atoms with van der Waals surface area (Å²) in [6.07, 6.45) is 2.55. The highest BCUT2D eigenvalue weighted by molar-refractivity contribution is 5.86. The Kier molecular flexibility index (Phi) is 5.11. The van der Waals surface area contributed by atoms with Crippen molar-refractivity contribution in [1.29, 1.82) is 0 Å². The highest BCUT2D eigenvalue weighted by Gasteiger charge is 2.18. The maximum absolute atomic E-state index is 11.4. The standard InChI is InChI=1S/C13H19N3O4/c1-19-13(18)11-8-10(20-15-11)9-14-5-3-7-16-6-2-4-12(16)17/h8,14H,2-7,9H2,1H3. The van der Waals surface area contributed by atoms with E-state index in [1.54, 1.807) is 6.07 Å². The summed E-state index contributed by atoms with van der Waals surface area (Å²) in [6.45, 7) is 2.94. The van der Waals surface area contributed by atoms with Crippen LogP contribution in [0.25, 0.3) is 0 Å². The van der Waals surface area contributed by atoms with Crippen molar-refractivity contribution in [2.45, 2.75) is 25.8 Å². The Morgan fingerprint density at radius 2 is 2.45 bits per heavy atom. The minimum absolute atomic E-state index is 0.173. The van der Waals surface area contributed by atoms with Crippen LogP contribution in [0.5, 0.6) is 0 Å². The average Bonchev–Trinajstić information content (AvgIpc) is 3.07. The number of amides is 1. The third-order valence-corrected chi connectivity index (χ3v) is 3.21. The molecule has 0 bridgehead atoms. The molecule has 0 unspecified atom stereocenters. The first kappa shape index (κ1) is 14.5. The van der Waals surface area contributed by atoms with Gasteiger partial charge in [-0.1, -0.05) is 5.16 Å². The van der Waals surface area contributed by atoms with E-state index in [0.29, 0.717) is 18.7 Å². The molecule has 0 radical (unpaired) electrons. The molecule has 1 aromatic heterocycles. The number of rotatable bonds is 7. The molecule has 1 aliphatic heterocycles. The van der Waals surface area contributed by atoms with Gasteiger partial charge in [0.05, 0.1) is 13.7 Å². The van der Waals surface area contributed by atoms with Crippen LogP contribution in [0, 0.1) is 0 Å². The van der Waals surface area contributed by atoms with Gasteiger partial charge in [0.1, 0.15) is 0 Å². The zero-order valence-electron chi connectivity index (χ0n) is 11.6. The molecule has 0 aliphatic carbocycles. The van der Waals surface area contributed by atoms with E-state index in [9.17, 15) is 9.59 Å². The summed E-state index contributed by atoms with van der Waals surface area (Å²) in [5.41, 5.74) is 0.173. The highest BCUT2D eigenvalue weighted by atomic mass is 16.5. The molecule has 2 heterocycles.